The molecule has 0 atom stereocenters. The van der Waals surface area contributed by atoms with Gasteiger partial charge in [0.2, 0.25) is 0 Å². The van der Waals surface area contributed by atoms with E-state index in [0.29, 0.717) is 5.46 Å². The normalized spacial score (nSPS) is 12.4. The summed E-state index contributed by atoms with van der Waals surface area (Å²) < 4.78 is 5.61. The molecule has 0 aliphatic carbocycles. The van der Waals surface area contributed by atoms with Crippen molar-refractivity contribution < 1.29 is 14.8 Å². The highest BCUT2D eigenvalue weighted by atomic mass is 16.5. The molecule has 1 aromatic carbocycles. The number of hydrogen-bond donors (Lipinski definition) is 2. The van der Waals surface area contributed by atoms with Gasteiger partial charge in [-0.15, -0.1) is 0 Å². The number of rotatable bonds is 5. The lowest BCUT2D eigenvalue weighted by Gasteiger charge is -2.38. The molecule has 2 N–H and O–H groups in total. The first-order chi connectivity index (χ1) is 8.54. The monoisotopic (exact) mass is 265 g/mol. The molecule has 19 heavy (non-hydrogen) atoms. The molecule has 0 aliphatic rings. The van der Waals surface area contributed by atoms with Gasteiger partial charge in [0.05, 0.1) is 11.2 Å². The van der Waals surface area contributed by atoms with Crippen LogP contribution in [0.5, 0.6) is 0 Å². The zero-order valence-electron chi connectivity index (χ0n) is 12.6. The van der Waals surface area contributed by atoms with Gasteiger partial charge in [-0.1, -0.05) is 12.1 Å². The molecule has 0 amide bonds. The van der Waals surface area contributed by atoms with E-state index in [2.05, 4.69) is 0 Å². The first kappa shape index (κ1) is 16.0. The Hall–Kier alpha value is -1.04. The summed E-state index contributed by atoms with van der Waals surface area (Å²) in [5.74, 6) is 0. The average molecular weight is 265 g/mol. The molecule has 0 saturated carbocycles. The molecule has 0 heterocycles. The van der Waals surface area contributed by atoms with Crippen LogP contribution in [0.4, 0.5) is 5.69 Å². The lowest BCUT2D eigenvalue weighted by Crippen LogP contribution is -2.53. The minimum absolute atomic E-state index is 0.670. The third kappa shape index (κ3) is 3.96. The van der Waals surface area contributed by atoms with Crippen LogP contribution in [0.2, 0.25) is 0 Å². The van der Waals surface area contributed by atoms with E-state index in [9.17, 15) is 10.1 Å². The quantitative estimate of drug-likeness (QED) is 0.780. The van der Waals surface area contributed by atoms with E-state index in [-0.39, 0.29) is 0 Å². The van der Waals surface area contributed by atoms with Crippen molar-refractivity contribution >= 4 is 18.3 Å². The van der Waals surface area contributed by atoms with Gasteiger partial charge in [-0.25, -0.2) is 0 Å². The maximum atomic E-state index is 10.2. The molecule has 4 nitrogen and oxygen atoms in total. The van der Waals surface area contributed by atoms with E-state index < -0.39 is 18.3 Å². The Morgan fingerprint density at radius 1 is 1.16 bits per heavy atom. The molecule has 0 saturated heterocycles. The van der Waals surface area contributed by atoms with Crippen molar-refractivity contribution in [2.45, 2.75) is 38.9 Å². The number of anilines is 1. The number of aliphatic hydroxyl groups is 1. The summed E-state index contributed by atoms with van der Waals surface area (Å²) in [6.45, 7) is 6.84. The molecule has 0 unspecified atom stereocenters. The average Bonchev–Trinajstić information content (AvgIpc) is 2.27. The van der Waals surface area contributed by atoms with Gasteiger partial charge in [-0.3, -0.25) is 0 Å². The lowest BCUT2D eigenvalue weighted by atomic mass is 9.76. The van der Waals surface area contributed by atoms with Crippen molar-refractivity contribution in [2.75, 3.05) is 19.0 Å². The fourth-order valence-electron chi connectivity index (χ4n) is 1.45. The van der Waals surface area contributed by atoms with E-state index in [1.54, 1.807) is 33.8 Å². The second-order valence-corrected chi connectivity index (χ2v) is 6.03. The Labute approximate surface area is 116 Å². The van der Waals surface area contributed by atoms with Gasteiger partial charge in [0.15, 0.2) is 0 Å². The van der Waals surface area contributed by atoms with Crippen molar-refractivity contribution in [1.29, 1.82) is 0 Å². The molecule has 5 heteroatoms. The summed E-state index contributed by atoms with van der Waals surface area (Å²) in [7, 11) is 2.81. The van der Waals surface area contributed by atoms with Crippen molar-refractivity contribution in [3.05, 3.63) is 24.3 Å². The predicted molar refractivity (Wildman–Crippen MR) is 79.8 cm³/mol. The predicted octanol–water partition coefficient (Wildman–Crippen LogP) is 1.01. The van der Waals surface area contributed by atoms with Crippen LogP contribution in [0.1, 0.15) is 27.7 Å². The molecule has 0 fully saturated rings. The maximum absolute atomic E-state index is 10.2. The minimum atomic E-state index is -1.07. The van der Waals surface area contributed by atoms with E-state index in [4.69, 9.17) is 4.65 Å². The fraction of sp³-hybridized carbons (Fsp3) is 0.571. The van der Waals surface area contributed by atoms with Gasteiger partial charge in [-0.05, 0) is 45.3 Å². The Kier molecular flexibility index (Phi) is 4.66. The standard InChI is InChI=1S/C14H24BNO3/c1-13(2,17)14(3,4)19-15(18)11-8-7-9-12(10-11)16(5)6/h7-10,17-18H,1-6H3. The van der Waals surface area contributed by atoms with Crippen LogP contribution in [-0.2, 0) is 4.65 Å². The van der Waals surface area contributed by atoms with E-state index >= 15 is 0 Å². The molecule has 0 aliphatic heterocycles. The third-order valence-corrected chi connectivity index (χ3v) is 3.55. The largest absolute Gasteiger partial charge is 0.491 e. The second-order valence-electron chi connectivity index (χ2n) is 6.03. The zero-order valence-corrected chi connectivity index (χ0v) is 12.6. The number of nitrogens with zero attached hydrogens (tertiary/aromatic N) is 1. The third-order valence-electron chi connectivity index (χ3n) is 3.55. The number of benzene rings is 1. The van der Waals surface area contributed by atoms with Gasteiger partial charge in [0.25, 0.3) is 0 Å². The van der Waals surface area contributed by atoms with Gasteiger partial charge >= 0.3 is 7.12 Å². The van der Waals surface area contributed by atoms with Crippen LogP contribution in [0.3, 0.4) is 0 Å². The molecule has 0 radical (unpaired) electrons. The Morgan fingerprint density at radius 3 is 2.21 bits per heavy atom. The summed E-state index contributed by atoms with van der Waals surface area (Å²) in [5.41, 5.74) is -0.252. The van der Waals surface area contributed by atoms with E-state index in [1.807, 2.05) is 37.2 Å². The second kappa shape index (κ2) is 5.53. The highest BCUT2D eigenvalue weighted by Crippen LogP contribution is 2.25. The number of hydrogen-bond acceptors (Lipinski definition) is 4. The molecular formula is C14H24BNO3. The molecule has 1 rings (SSSR count). The first-order valence-corrected chi connectivity index (χ1v) is 6.40. The van der Waals surface area contributed by atoms with Gasteiger partial charge in [0.1, 0.15) is 0 Å². The fourth-order valence-corrected chi connectivity index (χ4v) is 1.45. The van der Waals surface area contributed by atoms with Crippen LogP contribution in [0.25, 0.3) is 0 Å². The summed E-state index contributed by atoms with van der Waals surface area (Å²) in [5, 5.41) is 20.2. The van der Waals surface area contributed by atoms with Crippen LogP contribution in [0, 0.1) is 0 Å². The van der Waals surface area contributed by atoms with Gasteiger partial charge in [0, 0.05) is 19.8 Å². The molecule has 0 bridgehead atoms. The molecule has 1 aromatic rings. The Morgan fingerprint density at radius 2 is 1.74 bits per heavy atom. The molecule has 0 aromatic heterocycles. The summed E-state index contributed by atoms with van der Waals surface area (Å²) >= 11 is 0. The van der Waals surface area contributed by atoms with Crippen LogP contribution in [-0.4, -0.2) is 42.5 Å². The molecule has 0 spiro atoms. The Balaban J connectivity index is 2.90. The zero-order chi connectivity index (χ0) is 14.8. The van der Waals surface area contributed by atoms with Gasteiger partial charge < -0.3 is 19.7 Å². The summed E-state index contributed by atoms with van der Waals surface area (Å²) in [6.07, 6.45) is 0. The van der Waals surface area contributed by atoms with Crippen LogP contribution < -0.4 is 10.4 Å². The van der Waals surface area contributed by atoms with Gasteiger partial charge in [-0.2, -0.15) is 0 Å². The van der Waals surface area contributed by atoms with Crippen molar-refractivity contribution in [3.63, 3.8) is 0 Å². The van der Waals surface area contributed by atoms with Crippen molar-refractivity contribution in [3.8, 4) is 0 Å². The maximum Gasteiger partial charge on any atom is 0.491 e. The first-order valence-electron chi connectivity index (χ1n) is 6.40. The highest BCUT2D eigenvalue weighted by molar-refractivity contribution is 6.60. The van der Waals surface area contributed by atoms with E-state index in [0.717, 1.165) is 5.69 Å². The van der Waals surface area contributed by atoms with Crippen molar-refractivity contribution in [1.82, 2.24) is 0 Å². The van der Waals surface area contributed by atoms with Crippen molar-refractivity contribution in [2.24, 2.45) is 0 Å². The van der Waals surface area contributed by atoms with E-state index in [1.165, 1.54) is 0 Å². The SMILES string of the molecule is CN(C)c1cccc(B(O)OC(C)(C)C(C)(C)O)c1. The summed E-state index contributed by atoms with van der Waals surface area (Å²) in [6, 6.07) is 7.49. The lowest BCUT2D eigenvalue weighted by molar-refractivity contribution is -0.0982. The molecular weight excluding hydrogens is 241 g/mol. The topological polar surface area (TPSA) is 52.9 Å². The summed E-state index contributed by atoms with van der Waals surface area (Å²) in [4.78, 5) is 1.96. The Bertz CT molecular complexity index is 427. The highest BCUT2D eigenvalue weighted by Gasteiger charge is 2.39. The van der Waals surface area contributed by atoms with Crippen LogP contribution >= 0.6 is 0 Å². The molecule has 106 valence electrons. The van der Waals surface area contributed by atoms with Crippen LogP contribution in [0.15, 0.2) is 24.3 Å². The smallest absolute Gasteiger partial charge is 0.423 e. The minimum Gasteiger partial charge on any atom is -0.423 e.